The van der Waals surface area contributed by atoms with E-state index >= 15 is 0 Å². The first-order valence-corrected chi connectivity index (χ1v) is 5.16. The van der Waals surface area contributed by atoms with E-state index in [0.29, 0.717) is 17.5 Å². The van der Waals surface area contributed by atoms with Crippen molar-refractivity contribution in [3.8, 4) is 0 Å². The Labute approximate surface area is 97.8 Å². The van der Waals surface area contributed by atoms with Crippen molar-refractivity contribution >= 4 is 5.91 Å². The van der Waals surface area contributed by atoms with Gasteiger partial charge in [0.25, 0.3) is 5.91 Å². The Morgan fingerprint density at radius 2 is 2.35 bits per heavy atom. The minimum Gasteiger partial charge on any atom is -0.338 e. The maximum atomic E-state index is 11.8. The standard InChI is InChI=1S/C10H13N5O2/c1-6(10-13-7(2)14-17-10)12-9(16)8-11-4-5-15(8)3/h4-6H,1-3H3,(H,12,16)/t6-/m0/s1. The lowest BCUT2D eigenvalue weighted by molar-refractivity contribution is 0.0919. The first kappa shape index (κ1) is 11.3. The monoisotopic (exact) mass is 235 g/mol. The van der Waals surface area contributed by atoms with Gasteiger partial charge in [-0.15, -0.1) is 0 Å². The van der Waals surface area contributed by atoms with Gasteiger partial charge in [0.05, 0.1) is 0 Å². The summed E-state index contributed by atoms with van der Waals surface area (Å²) in [7, 11) is 1.75. The van der Waals surface area contributed by atoms with Crippen molar-refractivity contribution < 1.29 is 9.32 Å². The highest BCUT2D eigenvalue weighted by Gasteiger charge is 2.18. The van der Waals surface area contributed by atoms with Gasteiger partial charge >= 0.3 is 0 Å². The molecule has 0 unspecified atom stereocenters. The normalized spacial score (nSPS) is 12.4. The summed E-state index contributed by atoms with van der Waals surface area (Å²) < 4.78 is 6.61. The number of aromatic nitrogens is 4. The molecule has 0 saturated carbocycles. The molecule has 1 atom stereocenters. The molecule has 0 fully saturated rings. The van der Waals surface area contributed by atoms with Crippen molar-refractivity contribution in [3.05, 3.63) is 29.9 Å². The van der Waals surface area contributed by atoms with E-state index in [2.05, 4.69) is 20.4 Å². The summed E-state index contributed by atoms with van der Waals surface area (Å²) in [6, 6.07) is -0.347. The lowest BCUT2D eigenvalue weighted by Crippen LogP contribution is -2.29. The SMILES string of the molecule is Cc1noc([C@H](C)NC(=O)c2nccn2C)n1. The van der Waals surface area contributed by atoms with Gasteiger partial charge in [0, 0.05) is 19.4 Å². The number of rotatable bonds is 3. The summed E-state index contributed by atoms with van der Waals surface area (Å²) >= 11 is 0. The average molecular weight is 235 g/mol. The van der Waals surface area contributed by atoms with Crippen LogP contribution in [0.15, 0.2) is 16.9 Å². The Balaban J connectivity index is 2.07. The minimum atomic E-state index is -0.347. The molecule has 2 aromatic heterocycles. The Morgan fingerprint density at radius 1 is 1.59 bits per heavy atom. The predicted molar refractivity (Wildman–Crippen MR) is 58.1 cm³/mol. The number of amides is 1. The van der Waals surface area contributed by atoms with Crippen molar-refractivity contribution in [2.24, 2.45) is 7.05 Å². The van der Waals surface area contributed by atoms with Crippen LogP contribution in [0.25, 0.3) is 0 Å². The molecule has 0 aliphatic heterocycles. The fourth-order valence-electron chi connectivity index (χ4n) is 1.40. The zero-order chi connectivity index (χ0) is 12.4. The van der Waals surface area contributed by atoms with Crippen LogP contribution in [-0.4, -0.2) is 25.6 Å². The van der Waals surface area contributed by atoms with E-state index in [1.54, 1.807) is 37.9 Å². The van der Waals surface area contributed by atoms with Crippen LogP contribution in [0.1, 0.15) is 35.3 Å². The topological polar surface area (TPSA) is 85.8 Å². The van der Waals surface area contributed by atoms with Crippen molar-refractivity contribution in [1.29, 1.82) is 0 Å². The van der Waals surface area contributed by atoms with E-state index in [-0.39, 0.29) is 11.9 Å². The average Bonchev–Trinajstić information content (AvgIpc) is 2.86. The van der Waals surface area contributed by atoms with Gasteiger partial charge < -0.3 is 14.4 Å². The van der Waals surface area contributed by atoms with Crippen LogP contribution < -0.4 is 5.32 Å². The largest absolute Gasteiger partial charge is 0.338 e. The third-order valence-corrected chi connectivity index (χ3v) is 2.29. The Kier molecular flexibility index (Phi) is 2.90. The molecule has 7 heteroatoms. The molecule has 0 aliphatic rings. The fourth-order valence-corrected chi connectivity index (χ4v) is 1.40. The van der Waals surface area contributed by atoms with E-state index < -0.39 is 0 Å². The number of imidazole rings is 1. The van der Waals surface area contributed by atoms with Gasteiger partial charge in [-0.25, -0.2) is 4.98 Å². The van der Waals surface area contributed by atoms with Gasteiger partial charge in [-0.05, 0) is 13.8 Å². The van der Waals surface area contributed by atoms with Crippen LogP contribution >= 0.6 is 0 Å². The lowest BCUT2D eigenvalue weighted by atomic mass is 10.3. The molecule has 0 spiro atoms. The second-order valence-corrected chi connectivity index (χ2v) is 3.74. The highest BCUT2D eigenvalue weighted by Crippen LogP contribution is 2.09. The molecule has 0 bridgehead atoms. The molecule has 2 rings (SSSR count). The molecular formula is C10H13N5O2. The predicted octanol–water partition coefficient (Wildman–Crippen LogP) is 0.603. The van der Waals surface area contributed by atoms with E-state index in [4.69, 9.17) is 4.52 Å². The van der Waals surface area contributed by atoms with E-state index in [1.165, 1.54) is 0 Å². The summed E-state index contributed by atoms with van der Waals surface area (Å²) in [5.74, 6) is 0.983. The number of hydrogen-bond donors (Lipinski definition) is 1. The zero-order valence-electron chi connectivity index (χ0n) is 9.84. The maximum Gasteiger partial charge on any atom is 0.287 e. The van der Waals surface area contributed by atoms with Crippen molar-refractivity contribution in [2.75, 3.05) is 0 Å². The molecular weight excluding hydrogens is 222 g/mol. The highest BCUT2D eigenvalue weighted by atomic mass is 16.5. The van der Waals surface area contributed by atoms with E-state index in [1.807, 2.05) is 0 Å². The third-order valence-electron chi connectivity index (χ3n) is 2.29. The smallest absolute Gasteiger partial charge is 0.287 e. The second-order valence-electron chi connectivity index (χ2n) is 3.74. The van der Waals surface area contributed by atoms with Crippen molar-refractivity contribution in [3.63, 3.8) is 0 Å². The first-order valence-electron chi connectivity index (χ1n) is 5.16. The Bertz CT molecular complexity index is 530. The van der Waals surface area contributed by atoms with Crippen LogP contribution in [0.4, 0.5) is 0 Å². The summed E-state index contributed by atoms with van der Waals surface area (Å²) in [5, 5.41) is 6.40. The van der Waals surface area contributed by atoms with Crippen LogP contribution in [0, 0.1) is 6.92 Å². The molecule has 7 nitrogen and oxygen atoms in total. The van der Waals surface area contributed by atoms with E-state index in [9.17, 15) is 4.79 Å². The molecule has 2 aromatic rings. The fraction of sp³-hybridized carbons (Fsp3) is 0.400. The number of carbonyl (C=O) groups is 1. The van der Waals surface area contributed by atoms with Gasteiger partial charge in [-0.3, -0.25) is 4.79 Å². The van der Waals surface area contributed by atoms with Gasteiger partial charge in [-0.1, -0.05) is 5.16 Å². The van der Waals surface area contributed by atoms with Gasteiger partial charge in [0.15, 0.2) is 11.6 Å². The molecule has 2 heterocycles. The summed E-state index contributed by atoms with van der Waals surface area (Å²) in [6.07, 6.45) is 3.27. The molecule has 0 radical (unpaired) electrons. The van der Waals surface area contributed by atoms with Crippen LogP contribution in [0.5, 0.6) is 0 Å². The Morgan fingerprint density at radius 3 is 2.88 bits per heavy atom. The second kappa shape index (κ2) is 4.36. The van der Waals surface area contributed by atoms with Gasteiger partial charge in [0.2, 0.25) is 5.89 Å². The number of nitrogens with one attached hydrogen (secondary N) is 1. The number of hydrogen-bond acceptors (Lipinski definition) is 5. The summed E-state index contributed by atoms with van der Waals surface area (Å²) in [5.41, 5.74) is 0. The van der Waals surface area contributed by atoms with Crippen LogP contribution in [0.2, 0.25) is 0 Å². The van der Waals surface area contributed by atoms with Crippen LogP contribution in [0.3, 0.4) is 0 Å². The molecule has 90 valence electrons. The highest BCUT2D eigenvalue weighted by molar-refractivity contribution is 5.90. The summed E-state index contributed by atoms with van der Waals surface area (Å²) in [4.78, 5) is 19.8. The van der Waals surface area contributed by atoms with Gasteiger partial charge in [-0.2, -0.15) is 4.98 Å². The third kappa shape index (κ3) is 2.32. The molecule has 0 saturated heterocycles. The molecule has 1 amide bonds. The zero-order valence-corrected chi connectivity index (χ0v) is 9.84. The van der Waals surface area contributed by atoms with Crippen molar-refractivity contribution in [1.82, 2.24) is 25.0 Å². The van der Waals surface area contributed by atoms with Gasteiger partial charge in [0.1, 0.15) is 6.04 Å². The molecule has 0 aromatic carbocycles. The van der Waals surface area contributed by atoms with Crippen molar-refractivity contribution in [2.45, 2.75) is 19.9 Å². The molecule has 17 heavy (non-hydrogen) atoms. The maximum absolute atomic E-state index is 11.8. The number of nitrogens with zero attached hydrogens (tertiary/aromatic N) is 4. The summed E-state index contributed by atoms with van der Waals surface area (Å²) in [6.45, 7) is 3.49. The Hall–Kier alpha value is -2.18. The first-order chi connectivity index (χ1) is 8.08. The minimum absolute atomic E-state index is 0.277. The molecule has 1 N–H and O–H groups in total. The van der Waals surface area contributed by atoms with Crippen LogP contribution in [-0.2, 0) is 7.05 Å². The quantitative estimate of drug-likeness (QED) is 0.842. The lowest BCUT2D eigenvalue weighted by Gasteiger charge is -2.08. The number of carbonyl (C=O) groups excluding carboxylic acids is 1. The number of aryl methyl sites for hydroxylation is 2. The van der Waals surface area contributed by atoms with E-state index in [0.717, 1.165) is 0 Å². The molecule has 0 aliphatic carbocycles.